The van der Waals surface area contributed by atoms with Crippen molar-refractivity contribution >= 4 is 17.8 Å². The lowest BCUT2D eigenvalue weighted by Crippen LogP contribution is -1.90. The monoisotopic (exact) mass is 342 g/mol. The molecule has 0 saturated heterocycles. The Balaban J connectivity index is 1.58. The second-order valence-electron chi connectivity index (χ2n) is 6.77. The molecule has 124 valence electrons. The first-order valence-corrected chi connectivity index (χ1v) is 9.97. The highest BCUT2D eigenvalue weighted by atomic mass is 32.2. The highest BCUT2D eigenvalue weighted by Gasteiger charge is 2.14. The van der Waals surface area contributed by atoms with Gasteiger partial charge in [0, 0.05) is 4.90 Å². The maximum atomic E-state index is 2.34. The molecule has 1 aliphatic carbocycles. The summed E-state index contributed by atoms with van der Waals surface area (Å²) in [6.07, 6.45) is 6.53. The van der Waals surface area contributed by atoms with Crippen molar-refractivity contribution in [3.63, 3.8) is 0 Å². The van der Waals surface area contributed by atoms with Crippen LogP contribution >= 0.6 is 11.8 Å². The van der Waals surface area contributed by atoms with Crippen molar-refractivity contribution in [2.75, 3.05) is 6.26 Å². The summed E-state index contributed by atoms with van der Waals surface area (Å²) in [5, 5.41) is 0. The summed E-state index contributed by atoms with van der Waals surface area (Å²) in [5.41, 5.74) is 9.69. The van der Waals surface area contributed by atoms with Crippen LogP contribution in [0.2, 0.25) is 0 Å². The Hall–Kier alpha value is -2.25. The quantitative estimate of drug-likeness (QED) is 0.480. The first-order valence-electron chi connectivity index (χ1n) is 8.74. The normalized spacial score (nSPS) is 12.8. The molecule has 0 saturated carbocycles. The second-order valence-corrected chi connectivity index (χ2v) is 7.65. The van der Waals surface area contributed by atoms with E-state index >= 15 is 0 Å². The molecule has 1 heteroatoms. The van der Waals surface area contributed by atoms with E-state index in [1.54, 1.807) is 11.8 Å². The van der Waals surface area contributed by atoms with Gasteiger partial charge in [0.1, 0.15) is 0 Å². The lowest BCUT2D eigenvalue weighted by Gasteiger charge is -2.09. The van der Waals surface area contributed by atoms with Crippen LogP contribution in [-0.2, 0) is 12.8 Å². The van der Waals surface area contributed by atoms with Crippen molar-refractivity contribution in [1.29, 1.82) is 0 Å². The molecule has 0 amide bonds. The minimum Gasteiger partial charge on any atom is -0.130 e. The van der Waals surface area contributed by atoms with E-state index in [1.165, 1.54) is 43.8 Å². The van der Waals surface area contributed by atoms with E-state index in [0.29, 0.717) is 0 Å². The summed E-state index contributed by atoms with van der Waals surface area (Å²) in [7, 11) is 0. The zero-order valence-corrected chi connectivity index (χ0v) is 15.6. The average molecular weight is 343 g/mol. The van der Waals surface area contributed by atoms with Crippen molar-refractivity contribution in [1.82, 2.24) is 0 Å². The highest BCUT2D eigenvalue weighted by Crippen LogP contribution is 2.34. The van der Waals surface area contributed by atoms with E-state index in [4.69, 9.17) is 0 Å². The molecule has 0 aromatic heterocycles. The van der Waals surface area contributed by atoms with Crippen LogP contribution < -0.4 is 0 Å². The summed E-state index contributed by atoms with van der Waals surface area (Å²) in [4.78, 5) is 1.32. The standard InChI is InChI=1S/C24H22S/c1-17-14-21-4-3-5-23(24(21)15-17)20-10-6-18(7-11-20)16-19-8-12-22(25-2)13-9-19/h3-13,15H,14,16H2,1-2H3. The van der Waals surface area contributed by atoms with Crippen LogP contribution in [0.25, 0.3) is 17.2 Å². The van der Waals surface area contributed by atoms with Gasteiger partial charge in [-0.05, 0) is 71.5 Å². The molecule has 4 rings (SSSR count). The van der Waals surface area contributed by atoms with Crippen molar-refractivity contribution in [3.05, 3.63) is 94.6 Å². The topological polar surface area (TPSA) is 0 Å². The Bertz CT molecular complexity index is 915. The van der Waals surface area contributed by atoms with Crippen molar-refractivity contribution in [2.45, 2.75) is 24.7 Å². The highest BCUT2D eigenvalue weighted by molar-refractivity contribution is 7.98. The summed E-state index contributed by atoms with van der Waals surface area (Å²) >= 11 is 1.79. The third kappa shape index (κ3) is 3.43. The molecule has 0 bridgehead atoms. The fourth-order valence-electron chi connectivity index (χ4n) is 3.57. The van der Waals surface area contributed by atoms with Crippen molar-refractivity contribution < 1.29 is 0 Å². The lowest BCUT2D eigenvalue weighted by molar-refractivity contribution is 1.18. The largest absolute Gasteiger partial charge is 0.130 e. The first-order chi connectivity index (χ1) is 12.2. The molecule has 3 aromatic carbocycles. The van der Waals surface area contributed by atoms with E-state index < -0.39 is 0 Å². The van der Waals surface area contributed by atoms with Crippen LogP contribution in [0.3, 0.4) is 0 Å². The fraction of sp³-hybridized carbons (Fsp3) is 0.167. The fourth-order valence-corrected chi connectivity index (χ4v) is 3.98. The van der Waals surface area contributed by atoms with Gasteiger partial charge in [0.15, 0.2) is 0 Å². The summed E-state index contributed by atoms with van der Waals surface area (Å²) in [6.45, 7) is 2.22. The van der Waals surface area contributed by atoms with Gasteiger partial charge in [0.25, 0.3) is 0 Å². The molecule has 25 heavy (non-hydrogen) atoms. The first kappa shape index (κ1) is 16.2. The van der Waals surface area contributed by atoms with E-state index in [9.17, 15) is 0 Å². The number of hydrogen-bond acceptors (Lipinski definition) is 1. The molecule has 1 aliphatic rings. The van der Waals surface area contributed by atoms with Crippen molar-refractivity contribution in [3.8, 4) is 11.1 Å². The minimum absolute atomic E-state index is 0.987. The van der Waals surface area contributed by atoms with Crippen molar-refractivity contribution in [2.24, 2.45) is 0 Å². The predicted octanol–water partition coefficient (Wildman–Crippen LogP) is 6.63. The third-order valence-corrected chi connectivity index (χ3v) is 5.63. The van der Waals surface area contributed by atoms with Gasteiger partial charge in [-0.1, -0.05) is 66.2 Å². The number of thioether (sulfide) groups is 1. The summed E-state index contributed by atoms with van der Waals surface area (Å²) < 4.78 is 0. The molecule has 0 unspecified atom stereocenters. The predicted molar refractivity (Wildman–Crippen MR) is 110 cm³/mol. The molecule has 0 nitrogen and oxygen atoms in total. The summed E-state index contributed by atoms with van der Waals surface area (Å²) in [6, 6.07) is 24.6. The SMILES string of the molecule is CSc1ccc(Cc2ccc(-c3cccc4c3C=C(C)C4)cc2)cc1. The molecule has 0 aliphatic heterocycles. The Morgan fingerprint density at radius 2 is 1.52 bits per heavy atom. The molecular formula is C24H22S. The molecule has 0 heterocycles. The van der Waals surface area contributed by atoms with E-state index in [2.05, 4.69) is 86.0 Å². The zero-order valence-electron chi connectivity index (χ0n) is 14.8. The van der Waals surface area contributed by atoms with Crippen LogP contribution in [-0.4, -0.2) is 6.26 Å². The average Bonchev–Trinajstić information content (AvgIpc) is 3.03. The molecule has 0 radical (unpaired) electrons. The minimum atomic E-state index is 0.987. The Morgan fingerprint density at radius 3 is 2.20 bits per heavy atom. The van der Waals surface area contributed by atoms with Crippen LogP contribution in [0.5, 0.6) is 0 Å². The number of allylic oxidation sites excluding steroid dienone is 1. The Morgan fingerprint density at radius 1 is 0.840 bits per heavy atom. The Labute approximate surface area is 154 Å². The second kappa shape index (κ2) is 6.93. The third-order valence-electron chi connectivity index (χ3n) is 4.89. The molecule has 0 atom stereocenters. The zero-order chi connectivity index (χ0) is 17.2. The maximum Gasteiger partial charge on any atom is 0.00693 e. The van der Waals surface area contributed by atoms with Gasteiger partial charge in [-0.25, -0.2) is 0 Å². The van der Waals surface area contributed by atoms with E-state index in [1.807, 2.05) is 0 Å². The molecule has 3 aromatic rings. The van der Waals surface area contributed by atoms with Gasteiger partial charge in [-0.15, -0.1) is 11.8 Å². The van der Waals surface area contributed by atoms with Gasteiger partial charge in [-0.2, -0.15) is 0 Å². The molecular weight excluding hydrogens is 320 g/mol. The van der Waals surface area contributed by atoms with Gasteiger partial charge >= 0.3 is 0 Å². The van der Waals surface area contributed by atoms with Gasteiger partial charge in [0.2, 0.25) is 0 Å². The van der Waals surface area contributed by atoms with Crippen LogP contribution in [0.4, 0.5) is 0 Å². The molecule has 0 spiro atoms. The molecule has 0 N–H and O–H groups in total. The Kier molecular flexibility index (Phi) is 4.50. The van der Waals surface area contributed by atoms with Gasteiger partial charge in [-0.3, -0.25) is 0 Å². The molecule has 0 fully saturated rings. The lowest BCUT2D eigenvalue weighted by atomic mass is 9.95. The smallest absolute Gasteiger partial charge is 0.00693 e. The number of benzene rings is 3. The van der Waals surface area contributed by atoms with Gasteiger partial charge < -0.3 is 0 Å². The summed E-state index contributed by atoms with van der Waals surface area (Å²) in [5.74, 6) is 0. The number of fused-ring (bicyclic) bond motifs is 1. The van der Waals surface area contributed by atoms with Crippen LogP contribution in [0.15, 0.2) is 77.2 Å². The van der Waals surface area contributed by atoms with E-state index in [0.717, 1.165) is 12.8 Å². The number of hydrogen-bond donors (Lipinski definition) is 0. The number of rotatable bonds is 4. The van der Waals surface area contributed by atoms with E-state index in [-0.39, 0.29) is 0 Å². The maximum absolute atomic E-state index is 2.34. The van der Waals surface area contributed by atoms with Crippen LogP contribution in [0.1, 0.15) is 29.2 Å². The van der Waals surface area contributed by atoms with Crippen LogP contribution in [0, 0.1) is 0 Å². The van der Waals surface area contributed by atoms with Gasteiger partial charge in [0.05, 0.1) is 0 Å².